The molecule has 0 aromatic heterocycles. The zero-order valence-electron chi connectivity index (χ0n) is 8.97. The summed E-state index contributed by atoms with van der Waals surface area (Å²) in [4.78, 5) is 2.87. The van der Waals surface area contributed by atoms with Crippen molar-refractivity contribution < 1.29 is 0 Å². The van der Waals surface area contributed by atoms with Crippen LogP contribution >= 0.6 is 0 Å². The molecule has 0 saturated heterocycles. The number of nitrogens with zero attached hydrogens (tertiary/aromatic N) is 1. The minimum absolute atomic E-state index is 0.987. The molecule has 0 aromatic rings. The van der Waals surface area contributed by atoms with Crippen LogP contribution in [0.2, 0.25) is 0 Å². The Kier molecular flexibility index (Phi) is 3.44. The van der Waals surface area contributed by atoms with Crippen LogP contribution in [0.25, 0.3) is 0 Å². The van der Waals surface area contributed by atoms with Crippen molar-refractivity contribution in [1.82, 2.24) is 4.90 Å². The van der Waals surface area contributed by atoms with Crippen LogP contribution in [0.4, 0.5) is 0 Å². The van der Waals surface area contributed by atoms with Gasteiger partial charge in [-0.2, -0.15) is 0 Å². The van der Waals surface area contributed by atoms with E-state index < -0.39 is 0 Å². The standard InChI is InChI=1S/C11H23NSi/c13-9-12(10-5-1-2-6-10)11-7-3-4-8-11/h10-11H,1-9H2,13H3. The first-order valence-corrected chi connectivity index (χ1v) is 7.59. The van der Waals surface area contributed by atoms with E-state index in [4.69, 9.17) is 0 Å². The highest BCUT2D eigenvalue weighted by Gasteiger charge is 2.28. The molecule has 0 bridgehead atoms. The third-order valence-electron chi connectivity index (χ3n) is 3.95. The Bertz CT molecular complexity index is 132. The van der Waals surface area contributed by atoms with Crippen molar-refractivity contribution in [2.24, 2.45) is 0 Å². The quantitative estimate of drug-likeness (QED) is 0.620. The molecular weight excluding hydrogens is 174 g/mol. The lowest BCUT2D eigenvalue weighted by molar-refractivity contribution is 0.165. The molecule has 0 radical (unpaired) electrons. The molecule has 0 N–H and O–H groups in total. The van der Waals surface area contributed by atoms with E-state index in [2.05, 4.69) is 4.90 Å². The van der Waals surface area contributed by atoms with Gasteiger partial charge in [0.05, 0.1) is 0 Å². The van der Waals surface area contributed by atoms with Crippen LogP contribution in [-0.2, 0) is 0 Å². The normalized spacial score (nSPS) is 26.5. The van der Waals surface area contributed by atoms with Crippen molar-refractivity contribution in [3.63, 3.8) is 0 Å². The Morgan fingerprint density at radius 1 is 0.846 bits per heavy atom. The molecule has 2 heteroatoms. The Hall–Kier alpha value is 0.177. The van der Waals surface area contributed by atoms with Crippen molar-refractivity contribution in [2.45, 2.75) is 63.5 Å². The molecule has 1 nitrogen and oxygen atoms in total. The van der Waals surface area contributed by atoms with Gasteiger partial charge in [-0.3, -0.25) is 0 Å². The molecule has 0 heterocycles. The summed E-state index contributed by atoms with van der Waals surface area (Å²) in [6.07, 6.45) is 13.4. The van der Waals surface area contributed by atoms with Crippen molar-refractivity contribution in [2.75, 3.05) is 6.17 Å². The highest BCUT2D eigenvalue weighted by Crippen LogP contribution is 2.30. The third kappa shape index (κ3) is 2.16. The maximum Gasteiger partial charge on any atom is 0.0205 e. The van der Waals surface area contributed by atoms with Gasteiger partial charge in [0.1, 0.15) is 0 Å². The first-order valence-electron chi connectivity index (χ1n) is 6.17. The van der Waals surface area contributed by atoms with Gasteiger partial charge < -0.3 is 4.90 Å². The van der Waals surface area contributed by atoms with E-state index in [1.165, 1.54) is 67.8 Å². The Morgan fingerprint density at radius 3 is 1.54 bits per heavy atom. The van der Waals surface area contributed by atoms with Crippen molar-refractivity contribution in [3.05, 3.63) is 0 Å². The zero-order chi connectivity index (χ0) is 9.10. The summed E-state index contributed by atoms with van der Waals surface area (Å²) < 4.78 is 0. The summed E-state index contributed by atoms with van der Waals surface area (Å²) >= 11 is 0. The molecule has 2 aliphatic carbocycles. The minimum atomic E-state index is 0.987. The van der Waals surface area contributed by atoms with Crippen molar-refractivity contribution in [1.29, 1.82) is 0 Å². The SMILES string of the molecule is [SiH3]CN(C1CCCC1)C1CCCC1. The zero-order valence-corrected chi connectivity index (χ0v) is 11.0. The average molecular weight is 197 g/mol. The molecule has 0 spiro atoms. The van der Waals surface area contributed by atoms with Crippen LogP contribution in [-0.4, -0.2) is 33.4 Å². The van der Waals surface area contributed by atoms with Crippen LogP contribution in [0.15, 0.2) is 0 Å². The summed E-state index contributed by atoms with van der Waals surface area (Å²) in [5.74, 6) is 0. The summed E-state index contributed by atoms with van der Waals surface area (Å²) in [5, 5.41) is 0. The predicted molar refractivity (Wildman–Crippen MR) is 61.2 cm³/mol. The fourth-order valence-corrected chi connectivity index (χ4v) is 4.32. The van der Waals surface area contributed by atoms with Crippen molar-refractivity contribution in [3.8, 4) is 0 Å². The van der Waals surface area contributed by atoms with Gasteiger partial charge in [-0.25, -0.2) is 0 Å². The Balaban J connectivity index is 1.90. The highest BCUT2D eigenvalue weighted by atomic mass is 28.1. The summed E-state index contributed by atoms with van der Waals surface area (Å²) in [6, 6.07) is 1.97. The van der Waals surface area contributed by atoms with Gasteiger partial charge in [-0.05, 0) is 31.9 Å². The van der Waals surface area contributed by atoms with Crippen LogP contribution in [0.5, 0.6) is 0 Å². The number of hydrogen-bond donors (Lipinski definition) is 0. The fraction of sp³-hybridized carbons (Fsp3) is 1.00. The molecule has 2 aliphatic rings. The maximum absolute atomic E-state index is 2.87. The summed E-state index contributed by atoms with van der Waals surface area (Å²) in [5.41, 5.74) is 0. The molecule has 2 fully saturated rings. The molecule has 0 aromatic carbocycles. The van der Waals surface area contributed by atoms with Gasteiger partial charge in [0, 0.05) is 22.3 Å². The average Bonchev–Trinajstić information content (AvgIpc) is 2.76. The van der Waals surface area contributed by atoms with Gasteiger partial charge in [-0.1, -0.05) is 25.7 Å². The molecule has 0 unspecified atom stereocenters. The monoisotopic (exact) mass is 197 g/mol. The van der Waals surface area contributed by atoms with E-state index in [0.29, 0.717) is 0 Å². The minimum Gasteiger partial charge on any atom is -0.301 e. The molecule has 2 saturated carbocycles. The van der Waals surface area contributed by atoms with Gasteiger partial charge in [-0.15, -0.1) is 0 Å². The Morgan fingerprint density at radius 2 is 1.23 bits per heavy atom. The second-order valence-corrected chi connectivity index (χ2v) is 5.34. The van der Waals surface area contributed by atoms with Gasteiger partial charge >= 0.3 is 0 Å². The molecule has 0 atom stereocenters. The summed E-state index contributed by atoms with van der Waals surface area (Å²) in [6.45, 7) is 0. The first-order chi connectivity index (χ1) is 6.42. The van der Waals surface area contributed by atoms with Gasteiger partial charge in [0.15, 0.2) is 0 Å². The van der Waals surface area contributed by atoms with E-state index in [1.54, 1.807) is 0 Å². The lowest BCUT2D eigenvalue weighted by Gasteiger charge is -2.33. The molecular formula is C11H23NSi. The van der Waals surface area contributed by atoms with Crippen molar-refractivity contribution >= 4 is 10.2 Å². The van der Waals surface area contributed by atoms with E-state index in [1.807, 2.05) is 0 Å². The molecule has 76 valence electrons. The molecule has 13 heavy (non-hydrogen) atoms. The first kappa shape index (κ1) is 9.72. The van der Waals surface area contributed by atoms with E-state index in [9.17, 15) is 0 Å². The van der Waals surface area contributed by atoms with Gasteiger partial charge in [0.2, 0.25) is 0 Å². The van der Waals surface area contributed by atoms with E-state index in [-0.39, 0.29) is 0 Å². The highest BCUT2D eigenvalue weighted by molar-refractivity contribution is 6.08. The second kappa shape index (κ2) is 4.60. The molecule has 0 amide bonds. The molecule has 0 aliphatic heterocycles. The van der Waals surface area contributed by atoms with E-state index in [0.717, 1.165) is 12.1 Å². The van der Waals surface area contributed by atoms with Crippen LogP contribution < -0.4 is 0 Å². The van der Waals surface area contributed by atoms with Crippen LogP contribution in [0.1, 0.15) is 51.4 Å². The van der Waals surface area contributed by atoms with Gasteiger partial charge in [0.25, 0.3) is 0 Å². The lowest BCUT2D eigenvalue weighted by Crippen LogP contribution is -2.41. The largest absolute Gasteiger partial charge is 0.301 e. The van der Waals surface area contributed by atoms with Crippen LogP contribution in [0, 0.1) is 0 Å². The van der Waals surface area contributed by atoms with E-state index >= 15 is 0 Å². The molecule has 2 rings (SSSR count). The Labute approximate surface area is 85.3 Å². The fourth-order valence-electron chi connectivity index (χ4n) is 3.29. The van der Waals surface area contributed by atoms with Crippen LogP contribution in [0.3, 0.4) is 0 Å². The lowest BCUT2D eigenvalue weighted by atomic mass is 10.1. The number of hydrogen-bond acceptors (Lipinski definition) is 1. The smallest absolute Gasteiger partial charge is 0.0205 e. The maximum atomic E-state index is 2.87. The third-order valence-corrected chi connectivity index (χ3v) is 4.68. The topological polar surface area (TPSA) is 3.24 Å². The predicted octanol–water partition coefficient (Wildman–Crippen LogP) is 1.50. The summed E-state index contributed by atoms with van der Waals surface area (Å²) in [7, 11) is 1.37. The number of rotatable bonds is 3. The second-order valence-electron chi connectivity index (χ2n) is 4.71.